The Kier molecular flexibility index (Phi) is 6.70. The van der Waals surface area contributed by atoms with Crippen molar-refractivity contribution in [2.45, 2.75) is 51.3 Å². The number of hydrogen-bond donors (Lipinski definition) is 0. The fourth-order valence-corrected chi connectivity index (χ4v) is 7.36. The first kappa shape index (κ1) is 21.2. The van der Waals surface area contributed by atoms with Gasteiger partial charge in [-0.1, -0.05) is 45.0 Å². The molecule has 0 aliphatic carbocycles. The highest BCUT2D eigenvalue weighted by atomic mass is 32.2. The Hall–Kier alpha value is -1.54. The maximum atomic E-state index is 12.3. The molecule has 0 radical (unpaired) electrons. The summed E-state index contributed by atoms with van der Waals surface area (Å²) < 4.78 is 30.1. The molecular weight excluding hydrogens is 396 g/mol. The number of nitrogens with zero attached hydrogens (tertiary/aromatic N) is 2. The Morgan fingerprint density at radius 3 is 2.86 bits per heavy atom. The number of thioether (sulfide) groups is 1. The second-order valence-corrected chi connectivity index (χ2v) is 11.1. The predicted octanol–water partition coefficient (Wildman–Crippen LogP) is 3.51. The van der Waals surface area contributed by atoms with Crippen molar-refractivity contribution in [1.29, 1.82) is 0 Å². The molecule has 2 aliphatic heterocycles. The van der Waals surface area contributed by atoms with E-state index in [0.29, 0.717) is 18.2 Å². The predicted molar refractivity (Wildman–Crippen MR) is 115 cm³/mol. The van der Waals surface area contributed by atoms with Crippen LogP contribution in [0, 0.1) is 5.92 Å². The lowest BCUT2D eigenvalue weighted by Gasteiger charge is -2.25. The summed E-state index contributed by atoms with van der Waals surface area (Å²) in [6.45, 7) is 6.72. The Bertz CT molecular complexity index is 852. The maximum absolute atomic E-state index is 12.3. The Balaban J connectivity index is 1.90. The number of ether oxygens (including phenoxy) is 1. The van der Waals surface area contributed by atoms with E-state index in [0.717, 1.165) is 24.3 Å². The maximum Gasteiger partial charge on any atom is 0.248 e. The first-order valence-electron chi connectivity index (χ1n) is 9.79. The van der Waals surface area contributed by atoms with E-state index in [4.69, 9.17) is 4.74 Å². The van der Waals surface area contributed by atoms with E-state index in [9.17, 15) is 13.2 Å². The lowest BCUT2D eigenvalue weighted by molar-refractivity contribution is -0.118. The third-order valence-electron chi connectivity index (χ3n) is 4.73. The SMILES string of the molecule is CCCCOc1cccc(N2C(=NC(=O)CC(C)C)S[C@H]3CS(=O)(=O)C[C@H]32)c1. The summed E-state index contributed by atoms with van der Waals surface area (Å²) in [4.78, 5) is 18.6. The minimum atomic E-state index is -3.08. The molecule has 0 unspecified atom stereocenters. The topological polar surface area (TPSA) is 76.0 Å². The molecule has 0 spiro atoms. The van der Waals surface area contributed by atoms with E-state index in [1.54, 1.807) is 0 Å². The van der Waals surface area contributed by atoms with E-state index in [1.165, 1.54) is 11.8 Å². The number of carbonyl (C=O) groups excluding carboxylic acids is 1. The van der Waals surface area contributed by atoms with E-state index < -0.39 is 9.84 Å². The van der Waals surface area contributed by atoms with Crippen LogP contribution in [-0.4, -0.2) is 48.9 Å². The number of unbranched alkanes of at least 4 members (excludes halogenated alkanes) is 1. The molecule has 2 atom stereocenters. The Morgan fingerprint density at radius 2 is 2.14 bits per heavy atom. The van der Waals surface area contributed by atoms with Gasteiger partial charge in [-0.3, -0.25) is 4.79 Å². The van der Waals surface area contributed by atoms with Gasteiger partial charge in [0.05, 0.1) is 24.2 Å². The number of amides is 1. The molecule has 2 aliphatic rings. The molecule has 0 aromatic heterocycles. The molecular formula is C20H28N2O4S2. The summed E-state index contributed by atoms with van der Waals surface area (Å²) >= 11 is 1.40. The zero-order valence-electron chi connectivity index (χ0n) is 16.6. The molecule has 6 nitrogen and oxygen atoms in total. The smallest absolute Gasteiger partial charge is 0.248 e. The molecule has 2 saturated heterocycles. The second-order valence-electron chi connectivity index (χ2n) is 7.76. The van der Waals surface area contributed by atoms with Crippen LogP contribution in [0.5, 0.6) is 5.75 Å². The number of aliphatic imine (C=N–C) groups is 1. The highest BCUT2D eigenvalue weighted by Crippen LogP contribution is 2.41. The van der Waals surface area contributed by atoms with Crippen molar-refractivity contribution in [3.05, 3.63) is 24.3 Å². The van der Waals surface area contributed by atoms with Crippen LogP contribution >= 0.6 is 11.8 Å². The number of sulfone groups is 1. The largest absolute Gasteiger partial charge is 0.494 e. The van der Waals surface area contributed by atoms with Crippen molar-refractivity contribution < 1.29 is 17.9 Å². The quantitative estimate of drug-likeness (QED) is 0.624. The third kappa shape index (κ3) is 5.08. The Morgan fingerprint density at radius 1 is 1.36 bits per heavy atom. The number of anilines is 1. The van der Waals surface area contributed by atoms with Gasteiger partial charge >= 0.3 is 0 Å². The fraction of sp³-hybridized carbons (Fsp3) is 0.600. The molecule has 1 aromatic carbocycles. The average molecular weight is 425 g/mol. The number of fused-ring (bicyclic) bond motifs is 1. The van der Waals surface area contributed by atoms with E-state index in [1.807, 2.05) is 43.0 Å². The average Bonchev–Trinajstić information content (AvgIpc) is 3.05. The zero-order chi connectivity index (χ0) is 20.3. The summed E-state index contributed by atoms with van der Waals surface area (Å²) in [5, 5.41) is 0.501. The molecule has 2 fully saturated rings. The van der Waals surface area contributed by atoms with Crippen molar-refractivity contribution in [1.82, 2.24) is 0 Å². The molecule has 28 heavy (non-hydrogen) atoms. The van der Waals surface area contributed by atoms with Crippen LogP contribution in [0.1, 0.15) is 40.0 Å². The number of carbonyl (C=O) groups is 1. The number of hydrogen-bond acceptors (Lipinski definition) is 5. The van der Waals surface area contributed by atoms with Gasteiger partial charge in [0, 0.05) is 23.4 Å². The second kappa shape index (κ2) is 8.86. The van der Waals surface area contributed by atoms with E-state index >= 15 is 0 Å². The van der Waals surface area contributed by atoms with Crippen molar-refractivity contribution in [3.8, 4) is 5.75 Å². The highest BCUT2D eigenvalue weighted by Gasteiger charge is 2.49. The van der Waals surface area contributed by atoms with Gasteiger partial charge < -0.3 is 9.64 Å². The van der Waals surface area contributed by atoms with Crippen molar-refractivity contribution in [2.75, 3.05) is 23.0 Å². The van der Waals surface area contributed by atoms with Gasteiger partial charge in [0.15, 0.2) is 15.0 Å². The van der Waals surface area contributed by atoms with Crippen LogP contribution in [-0.2, 0) is 14.6 Å². The van der Waals surface area contributed by atoms with Crippen LogP contribution in [0.2, 0.25) is 0 Å². The summed E-state index contributed by atoms with van der Waals surface area (Å²) in [5.74, 6) is 1.02. The van der Waals surface area contributed by atoms with Gasteiger partial charge in [-0.05, 0) is 24.5 Å². The van der Waals surface area contributed by atoms with E-state index in [2.05, 4.69) is 11.9 Å². The van der Waals surface area contributed by atoms with Crippen molar-refractivity contribution in [2.24, 2.45) is 10.9 Å². The highest BCUT2D eigenvalue weighted by molar-refractivity contribution is 8.16. The summed E-state index contributed by atoms with van der Waals surface area (Å²) in [6, 6.07) is 7.42. The van der Waals surface area contributed by atoms with Crippen molar-refractivity contribution >= 4 is 38.4 Å². The molecule has 1 amide bonds. The minimum absolute atomic E-state index is 0.0863. The third-order valence-corrected chi connectivity index (χ3v) is 7.94. The molecule has 0 saturated carbocycles. The summed E-state index contributed by atoms with van der Waals surface area (Å²) in [7, 11) is -3.08. The molecule has 0 bridgehead atoms. The van der Waals surface area contributed by atoms with Crippen LogP contribution in [0.4, 0.5) is 5.69 Å². The van der Waals surface area contributed by atoms with Crippen LogP contribution < -0.4 is 9.64 Å². The minimum Gasteiger partial charge on any atom is -0.494 e. The zero-order valence-corrected chi connectivity index (χ0v) is 18.3. The molecule has 1 aromatic rings. The monoisotopic (exact) mass is 424 g/mol. The lowest BCUT2D eigenvalue weighted by atomic mass is 10.1. The standard InChI is InChI=1S/C20H28N2O4S2/c1-4-5-9-26-16-8-6-7-15(11-16)22-17-12-28(24,25)13-18(17)27-20(22)21-19(23)10-14(2)3/h6-8,11,14,17-18H,4-5,9-10,12-13H2,1-3H3/t17-,18+/m1/s1. The molecule has 8 heteroatoms. The van der Waals surface area contributed by atoms with Gasteiger partial charge in [-0.25, -0.2) is 8.42 Å². The molecule has 0 N–H and O–H groups in total. The first-order chi connectivity index (χ1) is 13.3. The molecule has 3 rings (SSSR count). The van der Waals surface area contributed by atoms with Crippen LogP contribution in [0.3, 0.4) is 0 Å². The number of benzene rings is 1. The fourth-order valence-electron chi connectivity index (χ4n) is 3.43. The number of rotatable bonds is 7. The van der Waals surface area contributed by atoms with Gasteiger partial charge in [0.1, 0.15) is 5.75 Å². The van der Waals surface area contributed by atoms with E-state index in [-0.39, 0.29) is 34.6 Å². The lowest BCUT2D eigenvalue weighted by Crippen LogP contribution is -2.37. The van der Waals surface area contributed by atoms with Crippen LogP contribution in [0.15, 0.2) is 29.3 Å². The van der Waals surface area contributed by atoms with Gasteiger partial charge in [0.25, 0.3) is 0 Å². The summed E-state index contributed by atoms with van der Waals surface area (Å²) in [6.07, 6.45) is 2.41. The van der Waals surface area contributed by atoms with Gasteiger partial charge in [0.2, 0.25) is 5.91 Å². The Labute approximate surface area is 171 Å². The number of amidine groups is 1. The molecule has 154 valence electrons. The van der Waals surface area contributed by atoms with Gasteiger partial charge in [-0.15, -0.1) is 0 Å². The first-order valence-corrected chi connectivity index (χ1v) is 12.5. The van der Waals surface area contributed by atoms with Crippen molar-refractivity contribution in [3.63, 3.8) is 0 Å². The van der Waals surface area contributed by atoms with Crippen LogP contribution in [0.25, 0.3) is 0 Å². The summed E-state index contributed by atoms with van der Waals surface area (Å²) in [5.41, 5.74) is 0.821. The normalized spacial score (nSPS) is 24.7. The molecule has 2 heterocycles. The van der Waals surface area contributed by atoms with Gasteiger partial charge in [-0.2, -0.15) is 4.99 Å².